The number of amides is 1. The van der Waals surface area contributed by atoms with E-state index in [0.29, 0.717) is 16.3 Å². The van der Waals surface area contributed by atoms with Crippen molar-refractivity contribution in [2.24, 2.45) is 5.73 Å². The first-order valence-electron chi connectivity index (χ1n) is 5.85. The third-order valence-corrected chi connectivity index (χ3v) is 4.05. The molecule has 3 N–H and O–H groups in total. The molecule has 8 heteroatoms. The van der Waals surface area contributed by atoms with Gasteiger partial charge in [0.15, 0.2) is 0 Å². The molecule has 0 bridgehead atoms. The van der Waals surface area contributed by atoms with Crippen molar-refractivity contribution in [1.82, 2.24) is 0 Å². The molecule has 1 atom stereocenters. The molecule has 0 aliphatic rings. The van der Waals surface area contributed by atoms with Crippen molar-refractivity contribution in [2.45, 2.75) is 13.0 Å². The number of nitrogens with zero attached hydrogens (tertiary/aromatic N) is 1. The van der Waals surface area contributed by atoms with Gasteiger partial charge in [-0.15, -0.1) is 23.1 Å². The van der Waals surface area contributed by atoms with Crippen LogP contribution in [0.4, 0.5) is 5.00 Å². The van der Waals surface area contributed by atoms with Crippen LogP contribution in [0.25, 0.3) is 0 Å². The molecule has 0 aliphatic heterocycles. The molecule has 1 aromatic rings. The molecule has 1 heterocycles. The highest BCUT2D eigenvalue weighted by Crippen LogP contribution is 2.22. The zero-order valence-corrected chi connectivity index (χ0v) is 12.6. The molecular formula is C12H15N3O3S2. The molecule has 0 spiro atoms. The van der Waals surface area contributed by atoms with Gasteiger partial charge in [-0.3, -0.25) is 9.59 Å². The van der Waals surface area contributed by atoms with Gasteiger partial charge in [0.25, 0.3) is 0 Å². The average molecular weight is 313 g/mol. The molecule has 1 unspecified atom stereocenters. The lowest BCUT2D eigenvalue weighted by atomic mass is 10.3. The molecule has 0 aliphatic carbocycles. The van der Waals surface area contributed by atoms with Gasteiger partial charge in [-0.2, -0.15) is 5.26 Å². The molecular weight excluding hydrogens is 298 g/mol. The molecule has 20 heavy (non-hydrogen) atoms. The number of carbonyl (C=O) groups is 2. The van der Waals surface area contributed by atoms with Crippen LogP contribution in [0.5, 0.6) is 0 Å². The Labute approximate surface area is 125 Å². The molecule has 6 nitrogen and oxygen atoms in total. The second-order valence-electron chi connectivity index (χ2n) is 3.70. The summed E-state index contributed by atoms with van der Waals surface area (Å²) in [6.07, 6.45) is 0. The van der Waals surface area contributed by atoms with Gasteiger partial charge in [-0.1, -0.05) is 0 Å². The minimum Gasteiger partial charge on any atom is -0.465 e. The number of thioether (sulfide) groups is 1. The van der Waals surface area contributed by atoms with E-state index in [4.69, 9.17) is 15.7 Å². The van der Waals surface area contributed by atoms with Crippen LogP contribution in [-0.2, 0) is 14.3 Å². The molecule has 0 radical (unpaired) electrons. The van der Waals surface area contributed by atoms with E-state index in [0.717, 1.165) is 0 Å². The zero-order chi connectivity index (χ0) is 15.0. The number of anilines is 1. The van der Waals surface area contributed by atoms with Crippen LogP contribution in [-0.4, -0.2) is 36.0 Å². The Bertz CT molecular complexity index is 510. The number of esters is 1. The maximum Gasteiger partial charge on any atom is 0.323 e. The average Bonchev–Trinajstić information content (AvgIpc) is 2.86. The van der Waals surface area contributed by atoms with Gasteiger partial charge in [-0.25, -0.2) is 0 Å². The first-order valence-corrected chi connectivity index (χ1v) is 7.89. The minimum absolute atomic E-state index is 0.163. The Morgan fingerprint density at radius 3 is 3.05 bits per heavy atom. The summed E-state index contributed by atoms with van der Waals surface area (Å²) in [5.41, 5.74) is 6.04. The van der Waals surface area contributed by atoms with Gasteiger partial charge >= 0.3 is 5.97 Å². The second kappa shape index (κ2) is 8.58. The summed E-state index contributed by atoms with van der Waals surface area (Å²) in [6.45, 7) is 1.99. The Morgan fingerprint density at radius 2 is 2.40 bits per heavy atom. The summed E-state index contributed by atoms with van der Waals surface area (Å²) in [4.78, 5) is 22.9. The Hall–Kier alpha value is -1.56. The number of thiophene rings is 1. The van der Waals surface area contributed by atoms with Crippen LogP contribution < -0.4 is 11.1 Å². The van der Waals surface area contributed by atoms with E-state index in [1.807, 2.05) is 6.07 Å². The van der Waals surface area contributed by atoms with Crippen molar-refractivity contribution >= 4 is 40.0 Å². The maximum absolute atomic E-state index is 11.7. The first-order chi connectivity index (χ1) is 9.58. The summed E-state index contributed by atoms with van der Waals surface area (Å²) in [5, 5.41) is 13.7. The Morgan fingerprint density at radius 1 is 1.65 bits per heavy atom. The predicted octanol–water partition coefficient (Wildman–Crippen LogP) is 1.18. The summed E-state index contributed by atoms with van der Waals surface area (Å²) < 4.78 is 4.76. The SMILES string of the molecule is CCOC(=O)C(N)CSCC(=O)Nc1sccc1C#N. The van der Waals surface area contributed by atoms with Gasteiger partial charge in [0.2, 0.25) is 5.91 Å². The van der Waals surface area contributed by atoms with Crippen LogP contribution in [0.2, 0.25) is 0 Å². The molecule has 0 saturated carbocycles. The summed E-state index contributed by atoms with van der Waals surface area (Å²) in [6, 6.07) is 2.90. The first kappa shape index (κ1) is 16.5. The van der Waals surface area contributed by atoms with Gasteiger partial charge in [-0.05, 0) is 18.4 Å². The van der Waals surface area contributed by atoms with E-state index >= 15 is 0 Å². The lowest BCUT2D eigenvalue weighted by Gasteiger charge is -2.09. The van der Waals surface area contributed by atoms with Crippen molar-refractivity contribution in [2.75, 3.05) is 23.4 Å². The monoisotopic (exact) mass is 313 g/mol. The quantitative estimate of drug-likeness (QED) is 0.732. The Kier molecular flexibility index (Phi) is 7.08. The van der Waals surface area contributed by atoms with E-state index < -0.39 is 12.0 Å². The van der Waals surface area contributed by atoms with E-state index in [1.54, 1.807) is 18.4 Å². The fourth-order valence-corrected chi connectivity index (χ4v) is 2.77. The van der Waals surface area contributed by atoms with Gasteiger partial charge in [0.1, 0.15) is 17.1 Å². The number of nitriles is 1. The third-order valence-electron chi connectivity index (χ3n) is 2.16. The van der Waals surface area contributed by atoms with Crippen molar-refractivity contribution in [3.8, 4) is 6.07 Å². The van der Waals surface area contributed by atoms with Crippen molar-refractivity contribution in [1.29, 1.82) is 5.26 Å². The highest BCUT2D eigenvalue weighted by Gasteiger charge is 2.15. The summed E-state index contributed by atoms with van der Waals surface area (Å²) in [5.74, 6) is -0.229. The van der Waals surface area contributed by atoms with Crippen LogP contribution in [0, 0.1) is 11.3 Å². The van der Waals surface area contributed by atoms with Crippen molar-refractivity contribution < 1.29 is 14.3 Å². The van der Waals surface area contributed by atoms with Crippen LogP contribution in [0.1, 0.15) is 12.5 Å². The number of rotatable bonds is 7. The van der Waals surface area contributed by atoms with Gasteiger partial charge in [0.05, 0.1) is 17.9 Å². The number of ether oxygens (including phenoxy) is 1. The fraction of sp³-hybridized carbons (Fsp3) is 0.417. The van der Waals surface area contributed by atoms with Crippen LogP contribution in [0.3, 0.4) is 0 Å². The molecule has 0 fully saturated rings. The van der Waals surface area contributed by atoms with Gasteiger partial charge < -0.3 is 15.8 Å². The van der Waals surface area contributed by atoms with E-state index in [1.165, 1.54) is 23.1 Å². The Balaban J connectivity index is 2.31. The van der Waals surface area contributed by atoms with E-state index in [2.05, 4.69) is 5.32 Å². The summed E-state index contributed by atoms with van der Waals surface area (Å²) >= 11 is 2.53. The predicted molar refractivity (Wildman–Crippen MR) is 79.6 cm³/mol. The smallest absolute Gasteiger partial charge is 0.323 e. The zero-order valence-electron chi connectivity index (χ0n) is 10.9. The molecule has 1 aromatic heterocycles. The molecule has 1 amide bonds. The number of hydrogen-bond donors (Lipinski definition) is 2. The van der Waals surface area contributed by atoms with Gasteiger partial charge in [0, 0.05) is 5.75 Å². The maximum atomic E-state index is 11.7. The number of nitrogens with two attached hydrogens (primary N) is 1. The van der Waals surface area contributed by atoms with Crippen molar-refractivity contribution in [3.63, 3.8) is 0 Å². The molecule has 0 saturated heterocycles. The van der Waals surface area contributed by atoms with Crippen LogP contribution >= 0.6 is 23.1 Å². The highest BCUT2D eigenvalue weighted by atomic mass is 32.2. The summed E-state index contributed by atoms with van der Waals surface area (Å²) in [7, 11) is 0. The fourth-order valence-electron chi connectivity index (χ4n) is 1.25. The molecule has 108 valence electrons. The molecule has 0 aromatic carbocycles. The number of carbonyl (C=O) groups excluding carboxylic acids is 2. The standard InChI is InChI=1S/C12H15N3O3S2/c1-2-18-12(17)9(14)6-19-7-10(16)15-11-8(5-13)3-4-20-11/h3-4,9H,2,6-7,14H2,1H3,(H,15,16). The molecule has 1 rings (SSSR count). The normalized spacial score (nSPS) is 11.4. The van der Waals surface area contributed by atoms with Crippen LogP contribution in [0.15, 0.2) is 11.4 Å². The number of hydrogen-bond acceptors (Lipinski definition) is 7. The van der Waals surface area contributed by atoms with E-state index in [9.17, 15) is 9.59 Å². The van der Waals surface area contributed by atoms with E-state index in [-0.39, 0.29) is 18.3 Å². The third kappa shape index (κ3) is 5.21. The highest BCUT2D eigenvalue weighted by molar-refractivity contribution is 8.00. The van der Waals surface area contributed by atoms with Crippen molar-refractivity contribution in [3.05, 3.63) is 17.0 Å². The second-order valence-corrected chi connectivity index (χ2v) is 5.64. The number of nitrogens with one attached hydrogen (secondary N) is 1. The lowest BCUT2D eigenvalue weighted by Crippen LogP contribution is -2.35. The lowest BCUT2D eigenvalue weighted by molar-refractivity contribution is -0.144. The largest absolute Gasteiger partial charge is 0.465 e. The minimum atomic E-state index is -0.732. The topological polar surface area (TPSA) is 105 Å².